The molecule has 0 spiro atoms. The number of benzene rings is 3. The predicted octanol–water partition coefficient (Wildman–Crippen LogP) is 5.63. The van der Waals surface area contributed by atoms with Gasteiger partial charge in [0.25, 0.3) is 0 Å². The summed E-state index contributed by atoms with van der Waals surface area (Å²) in [4.78, 5) is 24.0. The molecule has 10 heteroatoms. The maximum absolute atomic E-state index is 12.0. The minimum absolute atomic E-state index is 0.219. The molecule has 0 bridgehead atoms. The van der Waals surface area contributed by atoms with Gasteiger partial charge in [-0.3, -0.25) is 9.59 Å². The Morgan fingerprint density at radius 3 is 2.44 bits per heavy atom. The van der Waals surface area contributed by atoms with Gasteiger partial charge in [-0.1, -0.05) is 46.9 Å². The molecule has 0 heterocycles. The van der Waals surface area contributed by atoms with E-state index in [2.05, 4.69) is 15.8 Å². The lowest BCUT2D eigenvalue weighted by Gasteiger charge is -2.12. The fraction of sp³-hybridized carbons (Fsp3) is 0.125. The lowest BCUT2D eigenvalue weighted by atomic mass is 10.2. The van der Waals surface area contributed by atoms with E-state index in [1.165, 1.54) is 13.3 Å². The Balaban J connectivity index is 1.58. The summed E-state index contributed by atoms with van der Waals surface area (Å²) in [6.07, 6.45) is 1.37. The number of carbonyl (C=O) groups is 2. The highest BCUT2D eigenvalue weighted by Crippen LogP contribution is 2.30. The van der Waals surface area contributed by atoms with Crippen LogP contribution in [0.2, 0.25) is 15.1 Å². The molecule has 0 saturated carbocycles. The van der Waals surface area contributed by atoms with Crippen molar-refractivity contribution in [2.24, 2.45) is 5.10 Å². The van der Waals surface area contributed by atoms with E-state index in [1.807, 2.05) is 6.92 Å². The highest BCUT2D eigenvalue weighted by molar-refractivity contribution is 6.40. The van der Waals surface area contributed by atoms with Crippen molar-refractivity contribution in [3.63, 3.8) is 0 Å². The molecule has 0 aliphatic rings. The Kier molecular flexibility index (Phi) is 8.76. The number of halogens is 3. The van der Waals surface area contributed by atoms with Crippen molar-refractivity contribution in [2.45, 2.75) is 13.5 Å². The zero-order valence-electron chi connectivity index (χ0n) is 18.2. The number of rotatable bonds is 7. The van der Waals surface area contributed by atoms with Gasteiger partial charge >= 0.3 is 11.8 Å². The molecule has 0 radical (unpaired) electrons. The summed E-state index contributed by atoms with van der Waals surface area (Å²) in [5.41, 5.74) is 4.82. The third-order valence-corrected chi connectivity index (χ3v) is 5.60. The summed E-state index contributed by atoms with van der Waals surface area (Å²) >= 11 is 18.1. The van der Waals surface area contributed by atoms with Crippen molar-refractivity contribution >= 4 is 58.5 Å². The van der Waals surface area contributed by atoms with Gasteiger partial charge in [-0.2, -0.15) is 5.10 Å². The number of anilines is 1. The van der Waals surface area contributed by atoms with E-state index in [0.717, 1.165) is 11.1 Å². The van der Waals surface area contributed by atoms with Crippen molar-refractivity contribution in [3.05, 3.63) is 86.4 Å². The number of amides is 2. The molecule has 3 rings (SSSR count). The molecule has 0 atom stereocenters. The van der Waals surface area contributed by atoms with Crippen LogP contribution in [0, 0.1) is 6.92 Å². The van der Waals surface area contributed by atoms with E-state index in [9.17, 15) is 9.59 Å². The zero-order chi connectivity index (χ0) is 24.7. The molecule has 3 aromatic rings. The van der Waals surface area contributed by atoms with Crippen molar-refractivity contribution in [2.75, 3.05) is 12.4 Å². The van der Waals surface area contributed by atoms with Crippen molar-refractivity contribution in [1.82, 2.24) is 5.43 Å². The van der Waals surface area contributed by atoms with Crippen LogP contribution in [0.25, 0.3) is 0 Å². The van der Waals surface area contributed by atoms with Crippen LogP contribution in [0.4, 0.5) is 5.69 Å². The Bertz CT molecular complexity index is 1250. The standard InChI is InChI=1S/C24H20Cl3N3O4/c1-14-3-7-18(11-19(14)26)29-23(31)24(32)30-28-12-15-4-8-21(22(9-15)33-2)34-13-16-5-6-17(25)10-20(16)27/h3-12H,13H2,1-2H3,(H,29,31)(H,30,32)/b28-12-. The quantitative estimate of drug-likeness (QED) is 0.240. The van der Waals surface area contributed by atoms with Gasteiger partial charge in [-0.25, -0.2) is 5.43 Å². The third kappa shape index (κ3) is 6.87. The molecule has 2 N–H and O–H groups in total. The molecule has 0 saturated heterocycles. The third-order valence-electron chi connectivity index (χ3n) is 4.60. The first-order valence-electron chi connectivity index (χ1n) is 9.92. The Morgan fingerprint density at radius 2 is 1.74 bits per heavy atom. The number of hydrazone groups is 1. The highest BCUT2D eigenvalue weighted by atomic mass is 35.5. The molecule has 0 fully saturated rings. The number of nitrogens with one attached hydrogen (secondary N) is 2. The van der Waals surface area contributed by atoms with Gasteiger partial charge in [-0.05, 0) is 60.5 Å². The average Bonchev–Trinajstić information content (AvgIpc) is 2.81. The molecule has 0 aromatic heterocycles. The van der Waals surface area contributed by atoms with E-state index < -0.39 is 11.8 Å². The van der Waals surface area contributed by atoms with E-state index >= 15 is 0 Å². The first kappa shape index (κ1) is 25.4. The number of methoxy groups -OCH3 is 1. The van der Waals surface area contributed by atoms with Crippen LogP contribution in [0.3, 0.4) is 0 Å². The highest BCUT2D eigenvalue weighted by Gasteiger charge is 2.13. The lowest BCUT2D eigenvalue weighted by Crippen LogP contribution is -2.32. The van der Waals surface area contributed by atoms with Crippen LogP contribution in [0.1, 0.15) is 16.7 Å². The van der Waals surface area contributed by atoms with Crippen LogP contribution in [-0.4, -0.2) is 25.1 Å². The largest absolute Gasteiger partial charge is 0.493 e. The maximum atomic E-state index is 12.0. The van der Waals surface area contributed by atoms with Gasteiger partial charge < -0.3 is 14.8 Å². The van der Waals surface area contributed by atoms with E-state index in [4.69, 9.17) is 44.3 Å². The van der Waals surface area contributed by atoms with E-state index in [-0.39, 0.29) is 6.61 Å². The van der Waals surface area contributed by atoms with Gasteiger partial charge in [0.2, 0.25) is 0 Å². The Morgan fingerprint density at radius 1 is 0.941 bits per heavy atom. The smallest absolute Gasteiger partial charge is 0.329 e. The number of ether oxygens (including phenoxy) is 2. The van der Waals surface area contributed by atoms with E-state index in [0.29, 0.717) is 37.8 Å². The van der Waals surface area contributed by atoms with Gasteiger partial charge in [0.1, 0.15) is 6.61 Å². The second-order valence-corrected chi connectivity index (χ2v) is 8.30. The summed E-state index contributed by atoms with van der Waals surface area (Å²) in [7, 11) is 1.50. The average molecular weight is 521 g/mol. The summed E-state index contributed by atoms with van der Waals surface area (Å²) < 4.78 is 11.2. The van der Waals surface area contributed by atoms with Crippen molar-refractivity contribution < 1.29 is 19.1 Å². The predicted molar refractivity (Wildman–Crippen MR) is 134 cm³/mol. The molecule has 0 aliphatic carbocycles. The first-order chi connectivity index (χ1) is 16.3. The summed E-state index contributed by atoms with van der Waals surface area (Å²) in [5.74, 6) is -0.862. The number of carbonyl (C=O) groups excluding carboxylic acids is 2. The van der Waals surface area contributed by atoms with Crippen molar-refractivity contribution in [3.8, 4) is 11.5 Å². The van der Waals surface area contributed by atoms with Crippen LogP contribution in [0.15, 0.2) is 59.7 Å². The maximum Gasteiger partial charge on any atom is 0.329 e. The summed E-state index contributed by atoms with van der Waals surface area (Å²) in [6, 6.07) is 15.2. The van der Waals surface area contributed by atoms with Gasteiger partial charge in [-0.15, -0.1) is 0 Å². The molecule has 0 unspecified atom stereocenters. The molecular formula is C24H20Cl3N3O4. The monoisotopic (exact) mass is 519 g/mol. The van der Waals surface area contributed by atoms with Crippen LogP contribution in [0.5, 0.6) is 11.5 Å². The molecule has 34 heavy (non-hydrogen) atoms. The van der Waals surface area contributed by atoms with Crippen LogP contribution < -0.4 is 20.2 Å². The number of hydrogen-bond donors (Lipinski definition) is 2. The summed E-state index contributed by atoms with van der Waals surface area (Å²) in [6.45, 7) is 2.05. The molecule has 176 valence electrons. The minimum atomic E-state index is -0.931. The number of nitrogens with zero attached hydrogens (tertiary/aromatic N) is 1. The fourth-order valence-electron chi connectivity index (χ4n) is 2.75. The molecule has 2 amide bonds. The second-order valence-electron chi connectivity index (χ2n) is 7.05. The second kappa shape index (κ2) is 11.7. The first-order valence-corrected chi connectivity index (χ1v) is 11.1. The molecule has 0 aliphatic heterocycles. The van der Waals surface area contributed by atoms with Gasteiger partial charge in [0.05, 0.1) is 13.3 Å². The lowest BCUT2D eigenvalue weighted by molar-refractivity contribution is -0.136. The fourth-order valence-corrected chi connectivity index (χ4v) is 3.40. The normalized spacial score (nSPS) is 10.7. The van der Waals surface area contributed by atoms with Crippen LogP contribution in [-0.2, 0) is 16.2 Å². The number of hydrogen-bond acceptors (Lipinski definition) is 5. The van der Waals surface area contributed by atoms with Gasteiger partial charge in [0, 0.05) is 26.3 Å². The van der Waals surface area contributed by atoms with E-state index in [1.54, 1.807) is 54.6 Å². The molecule has 7 nitrogen and oxygen atoms in total. The minimum Gasteiger partial charge on any atom is -0.493 e. The Labute approximate surface area is 211 Å². The Hall–Kier alpha value is -3.26. The molecule has 3 aromatic carbocycles. The number of aryl methyl sites for hydroxylation is 1. The molecular weight excluding hydrogens is 501 g/mol. The van der Waals surface area contributed by atoms with Gasteiger partial charge in [0.15, 0.2) is 11.5 Å². The summed E-state index contributed by atoms with van der Waals surface area (Å²) in [5, 5.41) is 7.79. The van der Waals surface area contributed by atoms with Crippen molar-refractivity contribution in [1.29, 1.82) is 0 Å². The van der Waals surface area contributed by atoms with Crippen LogP contribution >= 0.6 is 34.8 Å². The topological polar surface area (TPSA) is 89.0 Å². The SMILES string of the molecule is COc1cc(/C=N\NC(=O)C(=O)Nc2ccc(C)c(Cl)c2)ccc1OCc1ccc(Cl)cc1Cl. The zero-order valence-corrected chi connectivity index (χ0v) is 20.5.